The van der Waals surface area contributed by atoms with E-state index in [9.17, 15) is 0 Å². The van der Waals surface area contributed by atoms with Crippen LogP contribution in [-0.4, -0.2) is 21.7 Å². The van der Waals surface area contributed by atoms with Crippen LogP contribution in [-0.2, 0) is 13.0 Å². The molecule has 98 valence electrons. The summed E-state index contributed by atoms with van der Waals surface area (Å²) in [5.74, 6) is 1.06. The molecule has 1 aliphatic heterocycles. The van der Waals surface area contributed by atoms with Gasteiger partial charge in [-0.05, 0) is 23.8 Å². The molecule has 0 fully saturated rings. The summed E-state index contributed by atoms with van der Waals surface area (Å²) in [6.07, 6.45) is 2.86. The van der Waals surface area contributed by atoms with Gasteiger partial charge in [-0.2, -0.15) is 0 Å². The third-order valence-corrected chi connectivity index (χ3v) is 3.31. The number of nitrogens with two attached hydrogens (primary N) is 1. The first kappa shape index (κ1) is 11.6. The summed E-state index contributed by atoms with van der Waals surface area (Å²) in [5, 5.41) is 11.8. The van der Waals surface area contributed by atoms with Crippen molar-refractivity contribution in [3.05, 3.63) is 53.9 Å². The maximum atomic E-state index is 8.75. The lowest BCUT2D eigenvalue weighted by Gasteiger charge is -2.14. The molecule has 2 heterocycles. The molecule has 1 aliphatic rings. The zero-order valence-corrected chi connectivity index (χ0v) is 10.4. The average molecular weight is 257 g/mol. The number of hydrogen-bond acceptors (Lipinski definition) is 3. The molecule has 1 aromatic carbocycles. The van der Waals surface area contributed by atoms with Crippen molar-refractivity contribution in [1.29, 1.82) is 0 Å². The first-order valence-corrected chi connectivity index (χ1v) is 6.15. The van der Waals surface area contributed by atoms with Crippen molar-refractivity contribution in [3.63, 3.8) is 0 Å². The maximum Gasteiger partial charge on any atom is 0.186 e. The topological polar surface area (TPSA) is 72.8 Å². The Morgan fingerprint density at radius 3 is 3.00 bits per heavy atom. The first-order chi connectivity index (χ1) is 9.28. The lowest BCUT2D eigenvalue weighted by Crippen LogP contribution is -2.25. The van der Waals surface area contributed by atoms with Gasteiger partial charge in [0.05, 0.1) is 12.2 Å². The molecule has 0 saturated heterocycles. The van der Waals surface area contributed by atoms with Gasteiger partial charge in [-0.3, -0.25) is 0 Å². The number of amidine groups is 1. The molecule has 19 heavy (non-hydrogen) atoms. The SMILES string of the molecule is N/C(=N/O)c1cccn1CC1Cc2ccccc2O1. The van der Waals surface area contributed by atoms with Crippen LogP contribution in [0.15, 0.2) is 47.8 Å². The third kappa shape index (κ3) is 2.14. The minimum Gasteiger partial charge on any atom is -0.488 e. The summed E-state index contributed by atoms with van der Waals surface area (Å²) in [4.78, 5) is 0. The van der Waals surface area contributed by atoms with Crippen molar-refractivity contribution in [2.75, 3.05) is 0 Å². The molecule has 1 aromatic heterocycles. The molecular formula is C14H15N3O2. The lowest BCUT2D eigenvalue weighted by atomic mass is 10.1. The van der Waals surface area contributed by atoms with Gasteiger partial charge in [0.2, 0.25) is 0 Å². The van der Waals surface area contributed by atoms with Gasteiger partial charge in [0, 0.05) is 12.6 Å². The quantitative estimate of drug-likeness (QED) is 0.379. The Kier molecular flexibility index (Phi) is 2.87. The van der Waals surface area contributed by atoms with Crippen LogP contribution >= 0.6 is 0 Å². The van der Waals surface area contributed by atoms with Gasteiger partial charge in [0.25, 0.3) is 0 Å². The molecule has 5 nitrogen and oxygen atoms in total. The van der Waals surface area contributed by atoms with E-state index in [1.54, 1.807) is 0 Å². The number of fused-ring (bicyclic) bond motifs is 1. The molecule has 2 aromatic rings. The van der Waals surface area contributed by atoms with Crippen molar-refractivity contribution in [3.8, 4) is 5.75 Å². The highest BCUT2D eigenvalue weighted by Gasteiger charge is 2.23. The second kappa shape index (κ2) is 4.68. The van der Waals surface area contributed by atoms with E-state index in [4.69, 9.17) is 15.7 Å². The normalized spacial score (nSPS) is 18.1. The Morgan fingerprint density at radius 2 is 2.21 bits per heavy atom. The van der Waals surface area contributed by atoms with Gasteiger partial charge >= 0.3 is 0 Å². The van der Waals surface area contributed by atoms with Gasteiger partial charge in [0.15, 0.2) is 5.84 Å². The van der Waals surface area contributed by atoms with Crippen LogP contribution in [0.25, 0.3) is 0 Å². The Hall–Kier alpha value is -2.43. The third-order valence-electron chi connectivity index (χ3n) is 3.31. The van der Waals surface area contributed by atoms with E-state index in [1.807, 2.05) is 41.1 Å². The molecule has 1 unspecified atom stereocenters. The van der Waals surface area contributed by atoms with Crippen molar-refractivity contribution in [1.82, 2.24) is 4.57 Å². The van der Waals surface area contributed by atoms with Crippen LogP contribution in [0.4, 0.5) is 0 Å². The fraction of sp³-hybridized carbons (Fsp3) is 0.214. The van der Waals surface area contributed by atoms with Crippen LogP contribution in [0, 0.1) is 0 Å². The van der Waals surface area contributed by atoms with E-state index in [-0.39, 0.29) is 11.9 Å². The van der Waals surface area contributed by atoms with Gasteiger partial charge in [-0.15, -0.1) is 0 Å². The number of ether oxygens (including phenoxy) is 1. The van der Waals surface area contributed by atoms with Crippen molar-refractivity contribution in [2.45, 2.75) is 19.1 Å². The fourth-order valence-corrected chi connectivity index (χ4v) is 2.43. The predicted molar refractivity (Wildman–Crippen MR) is 71.5 cm³/mol. The van der Waals surface area contributed by atoms with E-state index in [2.05, 4.69) is 11.2 Å². The standard InChI is InChI=1S/C14H15N3O2/c15-14(16-18)12-5-3-7-17(12)9-11-8-10-4-1-2-6-13(10)19-11/h1-7,11,18H,8-9H2,(H2,15,16). The number of aromatic nitrogens is 1. The van der Waals surface area contributed by atoms with Crippen LogP contribution in [0.1, 0.15) is 11.3 Å². The molecule has 0 spiro atoms. The summed E-state index contributed by atoms with van der Waals surface area (Å²) in [6.45, 7) is 0.674. The molecule has 0 aliphatic carbocycles. The molecule has 5 heteroatoms. The fourth-order valence-electron chi connectivity index (χ4n) is 2.43. The molecular weight excluding hydrogens is 242 g/mol. The Morgan fingerprint density at radius 1 is 1.37 bits per heavy atom. The highest BCUT2D eigenvalue weighted by molar-refractivity contribution is 5.95. The van der Waals surface area contributed by atoms with Crippen LogP contribution in [0.2, 0.25) is 0 Å². The maximum absolute atomic E-state index is 8.75. The van der Waals surface area contributed by atoms with Gasteiger partial charge < -0.3 is 20.2 Å². The molecule has 0 radical (unpaired) electrons. The first-order valence-electron chi connectivity index (χ1n) is 6.15. The van der Waals surface area contributed by atoms with E-state index in [0.717, 1.165) is 12.2 Å². The number of para-hydroxylation sites is 1. The monoisotopic (exact) mass is 257 g/mol. The number of rotatable bonds is 3. The average Bonchev–Trinajstić information content (AvgIpc) is 3.04. The Balaban J connectivity index is 1.76. The van der Waals surface area contributed by atoms with E-state index in [0.29, 0.717) is 12.2 Å². The second-order valence-corrected chi connectivity index (χ2v) is 4.58. The van der Waals surface area contributed by atoms with Crippen molar-refractivity contribution < 1.29 is 9.94 Å². The van der Waals surface area contributed by atoms with E-state index < -0.39 is 0 Å². The van der Waals surface area contributed by atoms with Crippen LogP contribution < -0.4 is 10.5 Å². The number of nitrogens with zero attached hydrogens (tertiary/aromatic N) is 2. The van der Waals surface area contributed by atoms with Crippen molar-refractivity contribution in [2.24, 2.45) is 10.9 Å². The Bertz CT molecular complexity index is 594. The number of benzene rings is 1. The predicted octanol–water partition coefficient (Wildman–Crippen LogP) is 1.59. The lowest BCUT2D eigenvalue weighted by molar-refractivity contribution is 0.209. The summed E-state index contributed by atoms with van der Waals surface area (Å²) in [7, 11) is 0. The molecule has 0 amide bonds. The summed E-state index contributed by atoms with van der Waals surface area (Å²) in [6, 6.07) is 11.7. The summed E-state index contributed by atoms with van der Waals surface area (Å²) < 4.78 is 7.82. The van der Waals surface area contributed by atoms with E-state index in [1.165, 1.54) is 5.56 Å². The highest BCUT2D eigenvalue weighted by Crippen LogP contribution is 2.28. The number of hydrogen-bond donors (Lipinski definition) is 2. The Labute approximate surface area is 110 Å². The second-order valence-electron chi connectivity index (χ2n) is 4.58. The molecule has 3 N–H and O–H groups in total. The van der Waals surface area contributed by atoms with Gasteiger partial charge in [-0.1, -0.05) is 23.4 Å². The van der Waals surface area contributed by atoms with E-state index >= 15 is 0 Å². The zero-order valence-electron chi connectivity index (χ0n) is 10.4. The van der Waals surface area contributed by atoms with Crippen LogP contribution in [0.3, 0.4) is 0 Å². The molecule has 0 saturated carbocycles. The number of oxime groups is 1. The highest BCUT2D eigenvalue weighted by atomic mass is 16.5. The summed E-state index contributed by atoms with van der Waals surface area (Å²) in [5.41, 5.74) is 7.56. The summed E-state index contributed by atoms with van der Waals surface area (Å²) >= 11 is 0. The molecule has 0 bridgehead atoms. The smallest absolute Gasteiger partial charge is 0.186 e. The van der Waals surface area contributed by atoms with Crippen molar-refractivity contribution >= 4 is 5.84 Å². The minimum absolute atomic E-state index is 0.0787. The van der Waals surface area contributed by atoms with Gasteiger partial charge in [0.1, 0.15) is 11.9 Å². The molecule has 1 atom stereocenters. The minimum atomic E-state index is 0.0787. The zero-order chi connectivity index (χ0) is 13.2. The largest absolute Gasteiger partial charge is 0.488 e. The van der Waals surface area contributed by atoms with Crippen LogP contribution in [0.5, 0.6) is 5.75 Å². The van der Waals surface area contributed by atoms with Gasteiger partial charge in [-0.25, -0.2) is 0 Å². The molecule has 3 rings (SSSR count).